The molecular formula is C16H21FN4OS. The van der Waals surface area contributed by atoms with E-state index in [9.17, 15) is 4.39 Å². The molecular weight excluding hydrogens is 315 g/mol. The van der Waals surface area contributed by atoms with Crippen molar-refractivity contribution in [1.82, 2.24) is 19.2 Å². The zero-order valence-corrected chi connectivity index (χ0v) is 14.2. The zero-order valence-electron chi connectivity index (χ0n) is 13.4. The molecule has 7 heteroatoms. The number of likely N-dealkylation sites (tertiary alicyclic amines) is 1. The van der Waals surface area contributed by atoms with Crippen molar-refractivity contribution < 1.29 is 9.13 Å². The van der Waals surface area contributed by atoms with Crippen LogP contribution < -0.4 is 4.74 Å². The van der Waals surface area contributed by atoms with Crippen LogP contribution in [0.1, 0.15) is 43.4 Å². The minimum Gasteiger partial charge on any atom is -0.471 e. The second-order valence-corrected chi connectivity index (χ2v) is 6.94. The standard InChI is InChI=1S/C16H21FN4OS/c1-11(2)15-19-14(23-20-15)10-21-8-4-5-12(9-21)22-16-13(17)6-3-7-18-16/h3,6-7,11-12H,4-5,8-10H2,1-2H3. The van der Waals surface area contributed by atoms with Gasteiger partial charge in [-0.1, -0.05) is 13.8 Å². The molecule has 0 N–H and O–H groups in total. The third kappa shape index (κ3) is 4.23. The number of rotatable bonds is 5. The molecule has 0 spiro atoms. The summed E-state index contributed by atoms with van der Waals surface area (Å²) in [6.07, 6.45) is 3.45. The summed E-state index contributed by atoms with van der Waals surface area (Å²) in [5.74, 6) is 0.947. The largest absolute Gasteiger partial charge is 0.471 e. The van der Waals surface area contributed by atoms with Gasteiger partial charge in [0.15, 0.2) is 5.82 Å². The van der Waals surface area contributed by atoms with Gasteiger partial charge < -0.3 is 4.74 Å². The van der Waals surface area contributed by atoms with Gasteiger partial charge in [-0.3, -0.25) is 4.90 Å². The van der Waals surface area contributed by atoms with E-state index in [2.05, 4.69) is 33.1 Å². The summed E-state index contributed by atoms with van der Waals surface area (Å²) in [5.41, 5.74) is 0. The van der Waals surface area contributed by atoms with Gasteiger partial charge in [-0.05, 0) is 43.1 Å². The molecule has 1 unspecified atom stereocenters. The summed E-state index contributed by atoms with van der Waals surface area (Å²) < 4.78 is 23.8. The van der Waals surface area contributed by atoms with E-state index >= 15 is 0 Å². The van der Waals surface area contributed by atoms with Gasteiger partial charge in [0.25, 0.3) is 5.88 Å². The van der Waals surface area contributed by atoms with Crippen molar-refractivity contribution in [2.24, 2.45) is 0 Å². The van der Waals surface area contributed by atoms with Crippen molar-refractivity contribution in [3.05, 3.63) is 35.0 Å². The van der Waals surface area contributed by atoms with Crippen molar-refractivity contribution in [2.75, 3.05) is 13.1 Å². The molecule has 1 atom stereocenters. The Bertz CT molecular complexity index is 649. The van der Waals surface area contributed by atoms with Gasteiger partial charge in [-0.2, -0.15) is 4.37 Å². The highest BCUT2D eigenvalue weighted by Crippen LogP contribution is 2.21. The Morgan fingerprint density at radius 1 is 1.48 bits per heavy atom. The molecule has 0 radical (unpaired) electrons. The maximum atomic E-state index is 13.6. The van der Waals surface area contributed by atoms with E-state index in [0.717, 1.165) is 43.3 Å². The van der Waals surface area contributed by atoms with Gasteiger partial charge >= 0.3 is 0 Å². The van der Waals surface area contributed by atoms with Crippen LogP contribution in [0.15, 0.2) is 18.3 Å². The molecule has 1 aliphatic heterocycles. The summed E-state index contributed by atoms with van der Waals surface area (Å²) in [7, 11) is 0. The van der Waals surface area contributed by atoms with Crippen molar-refractivity contribution in [1.29, 1.82) is 0 Å². The number of pyridine rings is 1. The SMILES string of the molecule is CC(C)c1nsc(CN2CCCC(Oc3ncccc3F)C2)n1. The Hall–Kier alpha value is -1.60. The Labute approximate surface area is 139 Å². The second-order valence-electron chi connectivity index (χ2n) is 6.11. The lowest BCUT2D eigenvalue weighted by molar-refractivity contribution is 0.0774. The van der Waals surface area contributed by atoms with Crippen LogP contribution >= 0.6 is 11.5 Å². The summed E-state index contributed by atoms with van der Waals surface area (Å²) in [6.45, 7) is 6.72. The van der Waals surface area contributed by atoms with E-state index in [0.29, 0.717) is 5.92 Å². The van der Waals surface area contributed by atoms with Crippen molar-refractivity contribution in [3.63, 3.8) is 0 Å². The van der Waals surface area contributed by atoms with E-state index in [1.807, 2.05) is 0 Å². The highest BCUT2D eigenvalue weighted by Gasteiger charge is 2.23. The normalized spacial score (nSPS) is 19.2. The average Bonchev–Trinajstić information content (AvgIpc) is 2.99. The minimum absolute atomic E-state index is 0.0364. The van der Waals surface area contributed by atoms with Crippen LogP contribution in [-0.4, -0.2) is 38.4 Å². The summed E-state index contributed by atoms with van der Waals surface area (Å²) in [5, 5.41) is 1.03. The van der Waals surface area contributed by atoms with Crippen LogP contribution in [0, 0.1) is 5.82 Å². The summed E-state index contributed by atoms with van der Waals surface area (Å²) >= 11 is 1.46. The fraction of sp³-hybridized carbons (Fsp3) is 0.562. The number of piperidine rings is 1. The lowest BCUT2D eigenvalue weighted by Crippen LogP contribution is -2.40. The number of hydrogen-bond donors (Lipinski definition) is 0. The third-order valence-electron chi connectivity index (χ3n) is 3.82. The van der Waals surface area contributed by atoms with E-state index in [4.69, 9.17) is 4.74 Å². The molecule has 0 bridgehead atoms. The minimum atomic E-state index is -0.407. The smallest absolute Gasteiger partial charge is 0.250 e. The van der Waals surface area contributed by atoms with Crippen molar-refractivity contribution >= 4 is 11.5 Å². The first-order chi connectivity index (χ1) is 11.1. The van der Waals surface area contributed by atoms with Crippen LogP contribution in [0.3, 0.4) is 0 Å². The fourth-order valence-electron chi connectivity index (χ4n) is 2.63. The Morgan fingerprint density at radius 3 is 3.09 bits per heavy atom. The Balaban J connectivity index is 1.58. The van der Waals surface area contributed by atoms with Gasteiger partial charge in [0.2, 0.25) is 0 Å². The van der Waals surface area contributed by atoms with Crippen LogP contribution in [0.5, 0.6) is 5.88 Å². The maximum Gasteiger partial charge on any atom is 0.250 e. The Kier molecular flexibility index (Phi) is 5.17. The van der Waals surface area contributed by atoms with Gasteiger partial charge in [0, 0.05) is 18.7 Å². The molecule has 0 saturated carbocycles. The molecule has 3 heterocycles. The predicted octanol–water partition coefficient (Wildman–Crippen LogP) is 3.24. The van der Waals surface area contributed by atoms with E-state index in [1.165, 1.54) is 17.6 Å². The van der Waals surface area contributed by atoms with Gasteiger partial charge in [0.1, 0.15) is 16.9 Å². The van der Waals surface area contributed by atoms with Crippen molar-refractivity contribution in [2.45, 2.75) is 45.3 Å². The maximum absolute atomic E-state index is 13.6. The molecule has 2 aromatic rings. The molecule has 124 valence electrons. The van der Waals surface area contributed by atoms with Crippen LogP contribution in [0.2, 0.25) is 0 Å². The molecule has 5 nitrogen and oxygen atoms in total. The van der Waals surface area contributed by atoms with Gasteiger partial charge in [-0.25, -0.2) is 14.4 Å². The number of nitrogens with zero attached hydrogens (tertiary/aromatic N) is 4. The first-order valence-electron chi connectivity index (χ1n) is 7.94. The number of halogens is 1. The highest BCUT2D eigenvalue weighted by atomic mass is 32.1. The highest BCUT2D eigenvalue weighted by molar-refractivity contribution is 7.05. The van der Waals surface area contributed by atoms with Crippen LogP contribution in [0.25, 0.3) is 0 Å². The van der Waals surface area contributed by atoms with E-state index in [1.54, 1.807) is 12.3 Å². The lowest BCUT2D eigenvalue weighted by atomic mass is 10.1. The summed E-state index contributed by atoms with van der Waals surface area (Å²) in [4.78, 5) is 10.8. The molecule has 2 aromatic heterocycles. The molecule has 0 amide bonds. The number of hydrogen-bond acceptors (Lipinski definition) is 6. The molecule has 0 aromatic carbocycles. The van der Waals surface area contributed by atoms with Crippen molar-refractivity contribution in [3.8, 4) is 5.88 Å². The van der Waals surface area contributed by atoms with Crippen LogP contribution in [0.4, 0.5) is 4.39 Å². The molecule has 1 fully saturated rings. The first-order valence-corrected chi connectivity index (χ1v) is 8.71. The quantitative estimate of drug-likeness (QED) is 0.839. The zero-order chi connectivity index (χ0) is 16.2. The molecule has 3 rings (SSSR count). The molecule has 1 saturated heterocycles. The number of aromatic nitrogens is 3. The van der Waals surface area contributed by atoms with Gasteiger partial charge in [-0.15, -0.1) is 0 Å². The summed E-state index contributed by atoms with van der Waals surface area (Å²) in [6, 6.07) is 2.94. The number of ether oxygens (including phenoxy) is 1. The van der Waals surface area contributed by atoms with Crippen LogP contribution in [-0.2, 0) is 6.54 Å². The monoisotopic (exact) mass is 336 g/mol. The fourth-order valence-corrected chi connectivity index (χ4v) is 3.45. The third-order valence-corrected chi connectivity index (χ3v) is 4.53. The average molecular weight is 336 g/mol. The van der Waals surface area contributed by atoms with Gasteiger partial charge in [0.05, 0.1) is 6.54 Å². The topological polar surface area (TPSA) is 51.1 Å². The molecule has 1 aliphatic rings. The predicted molar refractivity (Wildman–Crippen MR) is 87.1 cm³/mol. The molecule has 0 aliphatic carbocycles. The van der Waals surface area contributed by atoms with E-state index < -0.39 is 5.82 Å². The lowest BCUT2D eigenvalue weighted by Gasteiger charge is -2.31. The van der Waals surface area contributed by atoms with E-state index in [-0.39, 0.29) is 12.0 Å². The molecule has 23 heavy (non-hydrogen) atoms. The Morgan fingerprint density at radius 2 is 2.35 bits per heavy atom. The first kappa shape index (κ1) is 16.3. The second kappa shape index (κ2) is 7.31.